The molecule has 0 fully saturated rings. The van der Waals surface area contributed by atoms with Gasteiger partial charge in [0.15, 0.2) is 0 Å². The van der Waals surface area contributed by atoms with Gasteiger partial charge in [-0.05, 0) is 19.8 Å². The third-order valence-electron chi connectivity index (χ3n) is 3.25. The largest absolute Gasteiger partial charge is 0.465 e. The molecule has 0 N–H and O–H groups in total. The summed E-state index contributed by atoms with van der Waals surface area (Å²) in [4.78, 5) is 10.1. The zero-order valence-corrected chi connectivity index (χ0v) is 11.7. The molecule has 0 amide bonds. The van der Waals surface area contributed by atoms with E-state index >= 15 is 0 Å². The maximum absolute atomic E-state index is 10.1. The molecular formula is C15H30O2. The third kappa shape index (κ3) is 13.4. The minimum Gasteiger partial charge on any atom is -0.465 e. The quantitative estimate of drug-likeness (QED) is 0.340. The Hall–Kier alpha value is -0.530. The minimum atomic E-state index is 0.0987. The molecule has 0 aromatic carbocycles. The lowest BCUT2D eigenvalue weighted by atomic mass is 10.1. The van der Waals surface area contributed by atoms with E-state index in [4.69, 9.17) is 4.74 Å². The first-order valence-corrected chi connectivity index (χ1v) is 7.40. The van der Waals surface area contributed by atoms with Crippen LogP contribution in [0.25, 0.3) is 0 Å². The fraction of sp³-hybridized carbons (Fsp3) is 0.933. The molecule has 0 rings (SSSR count). The molecule has 0 saturated heterocycles. The molecule has 0 aromatic heterocycles. The molecule has 2 heteroatoms. The lowest BCUT2D eigenvalue weighted by Gasteiger charge is -2.08. The second kappa shape index (κ2) is 13.5. The third-order valence-corrected chi connectivity index (χ3v) is 3.25. The van der Waals surface area contributed by atoms with E-state index in [1.807, 2.05) is 6.92 Å². The van der Waals surface area contributed by atoms with E-state index in [0.717, 1.165) is 6.42 Å². The van der Waals surface area contributed by atoms with Crippen LogP contribution in [-0.2, 0) is 9.53 Å². The van der Waals surface area contributed by atoms with E-state index in [1.165, 1.54) is 64.2 Å². The van der Waals surface area contributed by atoms with Gasteiger partial charge in [0.2, 0.25) is 0 Å². The highest BCUT2D eigenvalue weighted by atomic mass is 16.5. The van der Waals surface area contributed by atoms with Crippen LogP contribution in [0.1, 0.15) is 84.5 Å². The van der Waals surface area contributed by atoms with E-state index in [-0.39, 0.29) is 6.10 Å². The summed E-state index contributed by atoms with van der Waals surface area (Å²) in [5.41, 5.74) is 0. The van der Waals surface area contributed by atoms with Crippen LogP contribution in [0.3, 0.4) is 0 Å². The molecule has 0 aliphatic rings. The van der Waals surface area contributed by atoms with Gasteiger partial charge < -0.3 is 4.74 Å². The van der Waals surface area contributed by atoms with Crippen LogP contribution in [0.2, 0.25) is 0 Å². The van der Waals surface area contributed by atoms with E-state index in [1.54, 1.807) is 0 Å². The molecule has 0 aliphatic carbocycles. The van der Waals surface area contributed by atoms with E-state index in [0.29, 0.717) is 6.47 Å². The van der Waals surface area contributed by atoms with Crippen molar-refractivity contribution in [3.05, 3.63) is 0 Å². The number of carbonyl (C=O) groups excluding carboxylic acids is 1. The lowest BCUT2D eigenvalue weighted by Crippen LogP contribution is -2.05. The number of rotatable bonds is 13. The van der Waals surface area contributed by atoms with Gasteiger partial charge >= 0.3 is 0 Å². The van der Waals surface area contributed by atoms with Gasteiger partial charge in [-0.1, -0.05) is 64.7 Å². The predicted molar refractivity (Wildman–Crippen MR) is 73.1 cm³/mol. The average molecular weight is 242 g/mol. The summed E-state index contributed by atoms with van der Waals surface area (Å²) in [6.07, 6.45) is 14.6. The number of ether oxygens (including phenoxy) is 1. The predicted octanol–water partition coefficient (Wildman–Crippen LogP) is 4.86. The topological polar surface area (TPSA) is 26.3 Å². The second-order valence-corrected chi connectivity index (χ2v) is 5.01. The summed E-state index contributed by atoms with van der Waals surface area (Å²) in [5, 5.41) is 0. The van der Waals surface area contributed by atoms with Crippen LogP contribution < -0.4 is 0 Å². The Bertz CT molecular complexity index is 157. The fourth-order valence-electron chi connectivity index (χ4n) is 2.08. The van der Waals surface area contributed by atoms with Crippen LogP contribution in [0, 0.1) is 0 Å². The van der Waals surface area contributed by atoms with Crippen molar-refractivity contribution in [2.45, 2.75) is 90.6 Å². The van der Waals surface area contributed by atoms with Crippen molar-refractivity contribution in [3.8, 4) is 0 Å². The summed E-state index contributed by atoms with van der Waals surface area (Å²) >= 11 is 0. The maximum Gasteiger partial charge on any atom is 0.293 e. The highest BCUT2D eigenvalue weighted by Crippen LogP contribution is 2.12. The SMILES string of the molecule is CCCCCCCCCCCCC(C)OC=O. The fourth-order valence-corrected chi connectivity index (χ4v) is 2.08. The number of unbranched alkanes of at least 4 members (excludes halogenated alkanes) is 9. The highest BCUT2D eigenvalue weighted by molar-refractivity contribution is 5.37. The monoisotopic (exact) mass is 242 g/mol. The first-order chi connectivity index (χ1) is 8.31. The molecule has 0 radical (unpaired) electrons. The van der Waals surface area contributed by atoms with Gasteiger partial charge in [0.25, 0.3) is 6.47 Å². The van der Waals surface area contributed by atoms with E-state index in [9.17, 15) is 4.79 Å². The van der Waals surface area contributed by atoms with Crippen molar-refractivity contribution in [1.29, 1.82) is 0 Å². The van der Waals surface area contributed by atoms with Gasteiger partial charge in [-0.15, -0.1) is 0 Å². The molecule has 17 heavy (non-hydrogen) atoms. The Labute approximate surface area is 107 Å². The van der Waals surface area contributed by atoms with Crippen molar-refractivity contribution in [3.63, 3.8) is 0 Å². The van der Waals surface area contributed by atoms with Gasteiger partial charge in [0.1, 0.15) is 0 Å². The highest BCUT2D eigenvalue weighted by Gasteiger charge is 2.00. The first-order valence-electron chi connectivity index (χ1n) is 7.40. The van der Waals surface area contributed by atoms with Crippen LogP contribution >= 0.6 is 0 Å². The van der Waals surface area contributed by atoms with E-state index in [2.05, 4.69) is 6.92 Å². The van der Waals surface area contributed by atoms with Crippen LogP contribution in [0.4, 0.5) is 0 Å². The van der Waals surface area contributed by atoms with Gasteiger partial charge in [-0.3, -0.25) is 4.79 Å². The molecule has 1 unspecified atom stereocenters. The summed E-state index contributed by atoms with van der Waals surface area (Å²) in [6.45, 7) is 4.78. The first kappa shape index (κ1) is 16.5. The smallest absolute Gasteiger partial charge is 0.293 e. The van der Waals surface area contributed by atoms with Gasteiger partial charge in [0.05, 0.1) is 6.10 Å². The Morgan fingerprint density at radius 1 is 0.882 bits per heavy atom. The molecule has 0 aromatic rings. The average Bonchev–Trinajstić information content (AvgIpc) is 2.32. The number of hydrogen-bond acceptors (Lipinski definition) is 2. The second-order valence-electron chi connectivity index (χ2n) is 5.01. The number of hydrogen-bond donors (Lipinski definition) is 0. The van der Waals surface area contributed by atoms with Crippen molar-refractivity contribution < 1.29 is 9.53 Å². The zero-order valence-electron chi connectivity index (χ0n) is 11.7. The Balaban J connectivity index is 3.00. The molecule has 1 atom stereocenters. The minimum absolute atomic E-state index is 0.0987. The normalized spacial score (nSPS) is 12.4. The van der Waals surface area contributed by atoms with Crippen molar-refractivity contribution in [2.75, 3.05) is 0 Å². The molecule has 0 heterocycles. The van der Waals surface area contributed by atoms with Crippen molar-refractivity contribution in [1.82, 2.24) is 0 Å². The summed E-state index contributed by atoms with van der Waals surface area (Å²) in [5.74, 6) is 0. The van der Waals surface area contributed by atoms with Crippen LogP contribution in [0.15, 0.2) is 0 Å². The molecule has 0 spiro atoms. The van der Waals surface area contributed by atoms with E-state index < -0.39 is 0 Å². The molecule has 0 bridgehead atoms. The molecule has 0 saturated carbocycles. The standard InChI is InChI=1S/C15H30O2/c1-3-4-5-6-7-8-9-10-11-12-13-15(2)17-14-16/h14-15H,3-13H2,1-2H3. The lowest BCUT2D eigenvalue weighted by molar-refractivity contribution is -0.133. The van der Waals surface area contributed by atoms with Crippen molar-refractivity contribution >= 4 is 6.47 Å². The molecule has 0 aliphatic heterocycles. The van der Waals surface area contributed by atoms with Gasteiger partial charge in [0, 0.05) is 0 Å². The van der Waals surface area contributed by atoms with Crippen molar-refractivity contribution in [2.24, 2.45) is 0 Å². The Morgan fingerprint density at radius 2 is 1.35 bits per heavy atom. The van der Waals surface area contributed by atoms with Crippen LogP contribution in [0.5, 0.6) is 0 Å². The number of carbonyl (C=O) groups is 1. The molecule has 2 nitrogen and oxygen atoms in total. The van der Waals surface area contributed by atoms with Crippen LogP contribution in [-0.4, -0.2) is 12.6 Å². The summed E-state index contributed by atoms with van der Waals surface area (Å²) in [6, 6.07) is 0. The Morgan fingerprint density at radius 3 is 1.82 bits per heavy atom. The summed E-state index contributed by atoms with van der Waals surface area (Å²) < 4.78 is 4.84. The van der Waals surface area contributed by atoms with Gasteiger partial charge in [-0.25, -0.2) is 0 Å². The maximum atomic E-state index is 10.1. The van der Waals surface area contributed by atoms with Gasteiger partial charge in [-0.2, -0.15) is 0 Å². The summed E-state index contributed by atoms with van der Waals surface area (Å²) in [7, 11) is 0. The molecular weight excluding hydrogens is 212 g/mol. The molecule has 102 valence electrons. The zero-order chi connectivity index (χ0) is 12.8. The Kier molecular flexibility index (Phi) is 13.1.